The average Bonchev–Trinajstić information content (AvgIpc) is 1.98. The molecule has 0 fully saturated rings. The molecule has 1 aromatic rings. The summed E-state index contributed by atoms with van der Waals surface area (Å²) < 4.78 is 13.7. The fourth-order valence-electron chi connectivity index (χ4n) is 0.960. The molecule has 13 heavy (non-hydrogen) atoms. The van der Waals surface area contributed by atoms with Crippen LogP contribution in [0.4, 0.5) is 10.1 Å². The van der Waals surface area contributed by atoms with E-state index in [2.05, 4.69) is 15.9 Å². The fourth-order valence-corrected chi connectivity index (χ4v) is 1.48. The summed E-state index contributed by atoms with van der Waals surface area (Å²) in [5.74, 6) is -1.75. The first-order chi connectivity index (χ1) is 6.00. The lowest BCUT2D eigenvalue weighted by atomic mass is 10.1. The van der Waals surface area contributed by atoms with E-state index in [1.807, 2.05) is 0 Å². The molecule has 70 valence electrons. The number of carbonyl (C=O) groups is 1. The number of rotatable bonds is 2. The van der Waals surface area contributed by atoms with Gasteiger partial charge in [-0.25, -0.2) is 4.39 Å². The highest BCUT2D eigenvalue weighted by Gasteiger charge is 2.10. The van der Waals surface area contributed by atoms with Gasteiger partial charge in [-0.2, -0.15) is 0 Å². The van der Waals surface area contributed by atoms with Crippen LogP contribution in [-0.2, 0) is 11.2 Å². The second kappa shape index (κ2) is 3.74. The molecule has 0 aliphatic rings. The molecule has 0 aromatic heterocycles. The van der Waals surface area contributed by atoms with Crippen LogP contribution in [0.5, 0.6) is 0 Å². The first kappa shape index (κ1) is 9.98. The predicted octanol–water partition coefficient (Wildman–Crippen LogP) is 1.80. The molecule has 1 aromatic carbocycles. The van der Waals surface area contributed by atoms with Crippen LogP contribution in [0, 0.1) is 5.82 Å². The van der Waals surface area contributed by atoms with Crippen molar-refractivity contribution in [3.8, 4) is 0 Å². The Labute approximate surface area is 82.5 Å². The normalized spacial score (nSPS) is 10.0. The molecule has 5 heteroatoms. The van der Waals surface area contributed by atoms with E-state index in [0.29, 0.717) is 4.47 Å². The Hall–Kier alpha value is -1.10. The average molecular weight is 248 g/mol. The highest BCUT2D eigenvalue weighted by Crippen LogP contribution is 2.22. The molecule has 0 saturated carbocycles. The molecule has 0 saturated heterocycles. The number of hydrogen-bond donors (Lipinski definition) is 2. The molecule has 3 nitrogen and oxygen atoms in total. The van der Waals surface area contributed by atoms with Crippen molar-refractivity contribution in [2.24, 2.45) is 0 Å². The number of aliphatic carboxylic acids is 1. The zero-order valence-electron chi connectivity index (χ0n) is 6.55. The summed E-state index contributed by atoms with van der Waals surface area (Å²) in [6.07, 6.45) is -0.366. The van der Waals surface area contributed by atoms with Gasteiger partial charge < -0.3 is 10.8 Å². The SMILES string of the molecule is Nc1cc(Br)cc(CC(=O)O)c1F. The fraction of sp³-hybridized carbons (Fsp3) is 0.125. The Morgan fingerprint density at radius 1 is 1.62 bits per heavy atom. The molecule has 0 heterocycles. The monoisotopic (exact) mass is 247 g/mol. The Bertz CT molecular complexity index is 354. The lowest BCUT2D eigenvalue weighted by molar-refractivity contribution is -0.136. The summed E-state index contributed by atoms with van der Waals surface area (Å²) in [6, 6.07) is 2.79. The smallest absolute Gasteiger partial charge is 0.307 e. The van der Waals surface area contributed by atoms with Crippen LogP contribution in [0.2, 0.25) is 0 Å². The number of nitrogen functional groups attached to an aromatic ring is 1. The van der Waals surface area contributed by atoms with Gasteiger partial charge in [-0.15, -0.1) is 0 Å². The lowest BCUT2D eigenvalue weighted by Crippen LogP contribution is -2.04. The molecule has 0 aliphatic heterocycles. The second-order valence-corrected chi connectivity index (χ2v) is 3.45. The van der Waals surface area contributed by atoms with Gasteiger partial charge >= 0.3 is 5.97 Å². The molecule has 3 N–H and O–H groups in total. The number of hydrogen-bond acceptors (Lipinski definition) is 2. The van der Waals surface area contributed by atoms with Crippen molar-refractivity contribution in [1.82, 2.24) is 0 Å². The highest BCUT2D eigenvalue weighted by atomic mass is 79.9. The molecular weight excluding hydrogens is 241 g/mol. The van der Waals surface area contributed by atoms with Gasteiger partial charge in [-0.05, 0) is 12.1 Å². The second-order valence-electron chi connectivity index (χ2n) is 2.54. The van der Waals surface area contributed by atoms with Crippen LogP contribution < -0.4 is 5.73 Å². The minimum atomic E-state index is -1.09. The summed E-state index contributed by atoms with van der Waals surface area (Å²) in [5, 5.41) is 8.45. The molecule has 0 amide bonds. The highest BCUT2D eigenvalue weighted by molar-refractivity contribution is 9.10. The molecule has 0 bridgehead atoms. The van der Waals surface area contributed by atoms with E-state index >= 15 is 0 Å². The zero-order chi connectivity index (χ0) is 10.0. The van der Waals surface area contributed by atoms with Crippen molar-refractivity contribution in [3.05, 3.63) is 28.0 Å². The lowest BCUT2D eigenvalue weighted by Gasteiger charge is -2.03. The van der Waals surface area contributed by atoms with E-state index in [4.69, 9.17) is 10.8 Å². The number of carboxylic acids is 1. The number of nitrogens with two attached hydrogens (primary N) is 1. The van der Waals surface area contributed by atoms with Crippen molar-refractivity contribution >= 4 is 27.6 Å². The minimum Gasteiger partial charge on any atom is -0.481 e. The summed E-state index contributed by atoms with van der Waals surface area (Å²) in [4.78, 5) is 10.3. The Balaban J connectivity index is 3.12. The van der Waals surface area contributed by atoms with Crippen LogP contribution in [0.25, 0.3) is 0 Å². The number of benzene rings is 1. The Morgan fingerprint density at radius 3 is 2.77 bits per heavy atom. The molecule has 0 radical (unpaired) electrons. The largest absolute Gasteiger partial charge is 0.481 e. The van der Waals surface area contributed by atoms with E-state index in [0.717, 1.165) is 0 Å². The number of anilines is 1. The van der Waals surface area contributed by atoms with Gasteiger partial charge in [0.25, 0.3) is 0 Å². The first-order valence-electron chi connectivity index (χ1n) is 3.46. The van der Waals surface area contributed by atoms with E-state index < -0.39 is 11.8 Å². The van der Waals surface area contributed by atoms with Crippen LogP contribution in [0.15, 0.2) is 16.6 Å². The van der Waals surface area contributed by atoms with Crippen LogP contribution in [0.1, 0.15) is 5.56 Å². The molecular formula is C8H7BrFNO2. The zero-order valence-corrected chi connectivity index (χ0v) is 8.14. The standard InChI is InChI=1S/C8H7BrFNO2/c9-5-1-4(2-7(12)13)8(10)6(11)3-5/h1,3H,2,11H2,(H,12,13). The van der Waals surface area contributed by atoms with Crippen molar-refractivity contribution in [1.29, 1.82) is 0 Å². The molecule has 1 rings (SSSR count). The van der Waals surface area contributed by atoms with Crippen molar-refractivity contribution < 1.29 is 14.3 Å². The summed E-state index contributed by atoms with van der Waals surface area (Å²) in [7, 11) is 0. The van der Waals surface area contributed by atoms with Gasteiger partial charge in [-0.3, -0.25) is 4.79 Å². The van der Waals surface area contributed by atoms with Crippen molar-refractivity contribution in [3.63, 3.8) is 0 Å². The van der Waals surface area contributed by atoms with E-state index in [-0.39, 0.29) is 17.7 Å². The van der Waals surface area contributed by atoms with Gasteiger partial charge in [0.15, 0.2) is 0 Å². The van der Waals surface area contributed by atoms with Gasteiger partial charge in [0, 0.05) is 10.0 Å². The van der Waals surface area contributed by atoms with Crippen LogP contribution >= 0.6 is 15.9 Å². The van der Waals surface area contributed by atoms with Gasteiger partial charge in [0.1, 0.15) is 5.82 Å². The molecule has 0 unspecified atom stereocenters. The molecule has 0 atom stereocenters. The van der Waals surface area contributed by atoms with E-state index in [1.54, 1.807) is 0 Å². The maximum atomic E-state index is 13.1. The Kier molecular flexibility index (Phi) is 2.87. The molecule has 0 spiro atoms. The summed E-state index contributed by atoms with van der Waals surface area (Å²) in [5.41, 5.74) is 5.33. The van der Waals surface area contributed by atoms with Gasteiger partial charge in [-0.1, -0.05) is 15.9 Å². The number of carboxylic acid groups (broad SMARTS) is 1. The topological polar surface area (TPSA) is 63.3 Å². The van der Waals surface area contributed by atoms with Crippen LogP contribution in [0.3, 0.4) is 0 Å². The van der Waals surface area contributed by atoms with Gasteiger partial charge in [0.05, 0.1) is 12.1 Å². The quantitative estimate of drug-likeness (QED) is 0.784. The van der Waals surface area contributed by atoms with E-state index in [1.165, 1.54) is 12.1 Å². The minimum absolute atomic E-state index is 0.0503. The maximum absolute atomic E-state index is 13.1. The van der Waals surface area contributed by atoms with Gasteiger partial charge in [0.2, 0.25) is 0 Å². The van der Waals surface area contributed by atoms with E-state index in [9.17, 15) is 9.18 Å². The third-order valence-corrected chi connectivity index (χ3v) is 1.94. The third-order valence-electron chi connectivity index (χ3n) is 1.48. The Morgan fingerprint density at radius 2 is 2.23 bits per heavy atom. The summed E-state index contributed by atoms with van der Waals surface area (Å²) in [6.45, 7) is 0. The first-order valence-corrected chi connectivity index (χ1v) is 4.25. The molecule has 0 aliphatic carbocycles. The summed E-state index contributed by atoms with van der Waals surface area (Å²) >= 11 is 3.10. The predicted molar refractivity (Wildman–Crippen MR) is 49.9 cm³/mol. The van der Waals surface area contributed by atoms with Crippen molar-refractivity contribution in [2.75, 3.05) is 5.73 Å². The van der Waals surface area contributed by atoms with Crippen molar-refractivity contribution in [2.45, 2.75) is 6.42 Å². The third kappa shape index (κ3) is 2.42. The maximum Gasteiger partial charge on any atom is 0.307 e. The van der Waals surface area contributed by atoms with Crippen LogP contribution in [-0.4, -0.2) is 11.1 Å². The number of halogens is 2.